The highest BCUT2D eigenvalue weighted by molar-refractivity contribution is 5.22. The lowest BCUT2D eigenvalue weighted by molar-refractivity contribution is 0.828. The Kier molecular flexibility index (Phi) is 6.96. The van der Waals surface area contributed by atoms with E-state index in [0.29, 0.717) is 0 Å². The first kappa shape index (κ1) is 8.86. The minimum atomic E-state index is 0.978. The summed E-state index contributed by atoms with van der Waals surface area (Å²) in [7, 11) is 0. The van der Waals surface area contributed by atoms with Gasteiger partial charge < -0.3 is 0 Å². The summed E-state index contributed by atoms with van der Waals surface area (Å²) < 4.78 is 0. The van der Waals surface area contributed by atoms with Crippen LogP contribution in [-0.2, 0) is 0 Å². The Labute approximate surface area is 63.3 Å². The third-order valence-electron chi connectivity index (χ3n) is 1.02. The van der Waals surface area contributed by atoms with Crippen molar-refractivity contribution in [3.8, 4) is 24.2 Å². The molecule has 0 bridgehead atoms. The summed E-state index contributed by atoms with van der Waals surface area (Å²) >= 11 is 0. The molecule has 0 nitrogen and oxygen atoms in total. The number of hydrogen-bond donors (Lipinski definition) is 0. The second kappa shape index (κ2) is 7.86. The first-order valence-electron chi connectivity index (χ1n) is 3.51. The highest BCUT2D eigenvalue weighted by Crippen LogP contribution is 1.89. The first-order chi connectivity index (χ1) is 4.91. The fraction of sp³-hybridized carbons (Fsp3) is 0.400. The third kappa shape index (κ3) is 6.86. The Bertz CT molecular complexity index is 180. The van der Waals surface area contributed by atoms with Gasteiger partial charge in [0.1, 0.15) is 0 Å². The van der Waals surface area contributed by atoms with Crippen molar-refractivity contribution in [2.24, 2.45) is 0 Å². The largest absolute Gasteiger partial charge is 0.115 e. The maximum Gasteiger partial charge on any atom is 0.00921 e. The van der Waals surface area contributed by atoms with Crippen molar-refractivity contribution in [3.05, 3.63) is 12.2 Å². The van der Waals surface area contributed by atoms with Gasteiger partial charge in [-0.1, -0.05) is 31.1 Å². The molecule has 0 heteroatoms. The minimum Gasteiger partial charge on any atom is -0.115 e. The van der Waals surface area contributed by atoms with E-state index in [-0.39, 0.29) is 0 Å². The van der Waals surface area contributed by atoms with E-state index in [0.717, 1.165) is 6.42 Å². The molecule has 0 spiro atoms. The van der Waals surface area contributed by atoms with Gasteiger partial charge in [-0.15, -0.1) is 6.42 Å². The van der Waals surface area contributed by atoms with Gasteiger partial charge in [0.2, 0.25) is 0 Å². The predicted octanol–water partition coefficient (Wildman–Crippen LogP) is 2.37. The van der Waals surface area contributed by atoms with E-state index in [1.54, 1.807) is 12.2 Å². The van der Waals surface area contributed by atoms with E-state index in [2.05, 4.69) is 24.7 Å². The number of allylic oxidation sites excluding steroid dienone is 2. The van der Waals surface area contributed by atoms with Crippen LogP contribution in [0.3, 0.4) is 0 Å². The first-order valence-corrected chi connectivity index (χ1v) is 3.51. The van der Waals surface area contributed by atoms with Crippen LogP contribution >= 0.6 is 0 Å². The summed E-state index contributed by atoms with van der Waals surface area (Å²) in [5.74, 6) is 8.21. The van der Waals surface area contributed by atoms with Crippen LogP contribution in [0.1, 0.15) is 26.2 Å². The van der Waals surface area contributed by atoms with Crippen LogP contribution < -0.4 is 0 Å². The Morgan fingerprint density at radius 2 is 2.20 bits per heavy atom. The molecule has 0 radical (unpaired) electrons. The van der Waals surface area contributed by atoms with Gasteiger partial charge in [0.25, 0.3) is 0 Å². The lowest BCUT2D eigenvalue weighted by Crippen LogP contribution is -1.65. The van der Waals surface area contributed by atoms with Gasteiger partial charge in [-0.2, -0.15) is 0 Å². The number of unbranched alkanes of at least 4 members (excludes halogenated alkanes) is 2. The quantitative estimate of drug-likeness (QED) is 0.399. The molecule has 0 heterocycles. The summed E-state index contributed by atoms with van der Waals surface area (Å²) in [6.45, 7) is 2.15. The molecule has 0 rings (SSSR count). The molecule has 0 fully saturated rings. The number of hydrogen-bond acceptors (Lipinski definition) is 0. The molecule has 0 amide bonds. The van der Waals surface area contributed by atoms with Crippen molar-refractivity contribution in [2.45, 2.75) is 26.2 Å². The monoisotopic (exact) mass is 132 g/mol. The third-order valence-corrected chi connectivity index (χ3v) is 1.02. The average Bonchev–Trinajstić information content (AvgIpc) is 1.97. The molecule has 0 saturated heterocycles. The summed E-state index contributed by atoms with van der Waals surface area (Å²) in [6, 6.07) is 0. The minimum absolute atomic E-state index is 0.978. The van der Waals surface area contributed by atoms with E-state index in [4.69, 9.17) is 6.42 Å². The molecule has 10 heavy (non-hydrogen) atoms. The fourth-order valence-corrected chi connectivity index (χ4v) is 0.486. The Balaban J connectivity index is 3.33. The lowest BCUT2D eigenvalue weighted by atomic mass is 10.2. The van der Waals surface area contributed by atoms with Crippen molar-refractivity contribution >= 4 is 0 Å². The second-order valence-electron chi connectivity index (χ2n) is 1.92. The summed E-state index contributed by atoms with van der Waals surface area (Å²) in [5.41, 5.74) is 0. The highest BCUT2D eigenvalue weighted by atomic mass is 13.8. The van der Waals surface area contributed by atoms with Gasteiger partial charge in [0, 0.05) is 6.42 Å². The lowest BCUT2D eigenvalue weighted by Gasteiger charge is -1.81. The van der Waals surface area contributed by atoms with Gasteiger partial charge in [-0.25, -0.2) is 0 Å². The van der Waals surface area contributed by atoms with E-state index < -0.39 is 0 Å². The van der Waals surface area contributed by atoms with Crippen molar-refractivity contribution < 1.29 is 0 Å². The molecular formula is C10H12. The van der Waals surface area contributed by atoms with E-state index >= 15 is 0 Å². The predicted molar refractivity (Wildman–Crippen MR) is 45.3 cm³/mol. The molecule has 0 atom stereocenters. The van der Waals surface area contributed by atoms with Crippen molar-refractivity contribution in [3.63, 3.8) is 0 Å². The zero-order chi connectivity index (χ0) is 7.66. The maximum absolute atomic E-state index is 4.96. The van der Waals surface area contributed by atoms with Crippen LogP contribution in [-0.4, -0.2) is 0 Å². The van der Waals surface area contributed by atoms with Gasteiger partial charge in [-0.3, -0.25) is 0 Å². The molecule has 0 aromatic heterocycles. The van der Waals surface area contributed by atoms with Gasteiger partial charge in [0.05, 0.1) is 0 Å². The summed E-state index contributed by atoms with van der Waals surface area (Å²) in [4.78, 5) is 0. The Morgan fingerprint density at radius 3 is 2.80 bits per heavy atom. The standard InChI is InChI=1S/C10H12/c1-3-5-7-9-10-8-6-4-2/h1,5,7H,4,6,8H2,2H3/b7-5+. The molecule has 0 unspecified atom stereocenters. The van der Waals surface area contributed by atoms with Gasteiger partial charge >= 0.3 is 0 Å². The molecule has 0 N–H and O–H groups in total. The van der Waals surface area contributed by atoms with Crippen LogP contribution in [0.5, 0.6) is 0 Å². The van der Waals surface area contributed by atoms with Crippen LogP contribution in [0, 0.1) is 24.2 Å². The molecule has 0 aliphatic carbocycles. The normalized spacial score (nSPS) is 8.40. The highest BCUT2D eigenvalue weighted by Gasteiger charge is 1.73. The summed E-state index contributed by atoms with van der Waals surface area (Å²) in [6.07, 6.45) is 11.6. The molecule has 0 aromatic rings. The van der Waals surface area contributed by atoms with E-state index in [9.17, 15) is 0 Å². The zero-order valence-corrected chi connectivity index (χ0v) is 6.35. The van der Waals surface area contributed by atoms with Gasteiger partial charge in [-0.05, 0) is 18.6 Å². The van der Waals surface area contributed by atoms with Gasteiger partial charge in [0.15, 0.2) is 0 Å². The van der Waals surface area contributed by atoms with E-state index in [1.807, 2.05) is 0 Å². The Hall–Kier alpha value is -1.14. The van der Waals surface area contributed by atoms with E-state index in [1.165, 1.54) is 12.8 Å². The van der Waals surface area contributed by atoms with Crippen molar-refractivity contribution in [1.82, 2.24) is 0 Å². The van der Waals surface area contributed by atoms with Crippen LogP contribution in [0.4, 0.5) is 0 Å². The molecule has 0 aromatic carbocycles. The number of terminal acetylenes is 1. The Morgan fingerprint density at radius 1 is 1.40 bits per heavy atom. The van der Waals surface area contributed by atoms with Crippen LogP contribution in [0.2, 0.25) is 0 Å². The summed E-state index contributed by atoms with van der Waals surface area (Å²) in [5, 5.41) is 0. The smallest absolute Gasteiger partial charge is 0.00921 e. The molecule has 0 aliphatic rings. The van der Waals surface area contributed by atoms with Crippen LogP contribution in [0.25, 0.3) is 0 Å². The fourth-order valence-electron chi connectivity index (χ4n) is 0.486. The molecule has 0 aliphatic heterocycles. The molecule has 0 saturated carbocycles. The molecular weight excluding hydrogens is 120 g/mol. The average molecular weight is 132 g/mol. The maximum atomic E-state index is 4.96. The topological polar surface area (TPSA) is 0 Å². The van der Waals surface area contributed by atoms with Crippen molar-refractivity contribution in [1.29, 1.82) is 0 Å². The van der Waals surface area contributed by atoms with Crippen molar-refractivity contribution in [2.75, 3.05) is 0 Å². The van der Waals surface area contributed by atoms with Crippen LogP contribution in [0.15, 0.2) is 12.2 Å². The second-order valence-corrected chi connectivity index (χ2v) is 1.92. The SMILES string of the molecule is C#C/C=C/C#CCCCC. The zero-order valence-electron chi connectivity index (χ0n) is 6.35. The number of rotatable bonds is 2. The molecule has 52 valence electrons.